The molecule has 1 unspecified atom stereocenters. The van der Waals surface area contributed by atoms with Crippen LogP contribution in [0, 0.1) is 6.92 Å². The predicted molar refractivity (Wildman–Crippen MR) is 75.0 cm³/mol. The lowest BCUT2D eigenvalue weighted by atomic mass is 10.1. The van der Waals surface area contributed by atoms with Gasteiger partial charge in [0.2, 0.25) is 11.8 Å². The van der Waals surface area contributed by atoms with Crippen molar-refractivity contribution in [3.63, 3.8) is 0 Å². The van der Waals surface area contributed by atoms with Crippen molar-refractivity contribution in [2.75, 3.05) is 6.54 Å². The van der Waals surface area contributed by atoms with Gasteiger partial charge >= 0.3 is 0 Å². The highest BCUT2D eigenvalue weighted by molar-refractivity contribution is 5.27. The van der Waals surface area contributed by atoms with Crippen LogP contribution in [0.5, 0.6) is 0 Å². The normalized spacial score (nSPS) is 12.6. The van der Waals surface area contributed by atoms with Gasteiger partial charge in [-0.05, 0) is 31.0 Å². The molecule has 0 aliphatic rings. The van der Waals surface area contributed by atoms with Gasteiger partial charge in [0.25, 0.3) is 0 Å². The van der Waals surface area contributed by atoms with Gasteiger partial charge < -0.3 is 9.73 Å². The van der Waals surface area contributed by atoms with Gasteiger partial charge in [-0.25, -0.2) is 0 Å². The van der Waals surface area contributed by atoms with Crippen LogP contribution in [0.1, 0.15) is 49.2 Å². The van der Waals surface area contributed by atoms with Gasteiger partial charge in [-0.1, -0.05) is 38.1 Å². The SMILES string of the molecule is CCNC(CC)c1nnc(Cc2ccccc2C)o1. The molecule has 0 saturated carbocycles. The van der Waals surface area contributed by atoms with Crippen molar-refractivity contribution < 1.29 is 4.42 Å². The third-order valence-electron chi connectivity index (χ3n) is 3.24. The Morgan fingerprint density at radius 2 is 2.00 bits per heavy atom. The first-order valence-corrected chi connectivity index (χ1v) is 6.84. The molecule has 0 fully saturated rings. The number of hydrogen-bond acceptors (Lipinski definition) is 4. The summed E-state index contributed by atoms with van der Waals surface area (Å²) in [7, 11) is 0. The van der Waals surface area contributed by atoms with E-state index in [4.69, 9.17) is 4.42 Å². The highest BCUT2D eigenvalue weighted by atomic mass is 16.4. The molecule has 19 heavy (non-hydrogen) atoms. The molecule has 0 radical (unpaired) electrons. The number of aryl methyl sites for hydroxylation is 1. The molecule has 4 heteroatoms. The van der Waals surface area contributed by atoms with Crippen molar-refractivity contribution in [2.24, 2.45) is 0 Å². The number of aromatic nitrogens is 2. The number of rotatable bonds is 6. The summed E-state index contributed by atoms with van der Waals surface area (Å²) in [4.78, 5) is 0. The maximum atomic E-state index is 5.76. The Hall–Kier alpha value is -1.68. The second-order valence-corrected chi connectivity index (χ2v) is 4.66. The first-order valence-electron chi connectivity index (χ1n) is 6.84. The fourth-order valence-corrected chi connectivity index (χ4v) is 2.10. The molecule has 1 aromatic carbocycles. The zero-order valence-electron chi connectivity index (χ0n) is 11.8. The number of benzene rings is 1. The van der Waals surface area contributed by atoms with Gasteiger partial charge in [0, 0.05) is 0 Å². The maximum absolute atomic E-state index is 5.76. The summed E-state index contributed by atoms with van der Waals surface area (Å²) in [6, 6.07) is 8.42. The van der Waals surface area contributed by atoms with Crippen LogP contribution in [-0.4, -0.2) is 16.7 Å². The van der Waals surface area contributed by atoms with E-state index in [-0.39, 0.29) is 6.04 Å². The molecule has 102 valence electrons. The van der Waals surface area contributed by atoms with Crippen LogP contribution in [0.15, 0.2) is 28.7 Å². The van der Waals surface area contributed by atoms with Gasteiger partial charge in [0.1, 0.15) is 0 Å². The molecule has 1 N–H and O–H groups in total. The second kappa shape index (κ2) is 6.48. The molecule has 2 rings (SSSR count). The van der Waals surface area contributed by atoms with Crippen molar-refractivity contribution >= 4 is 0 Å². The molecule has 0 amide bonds. The molecule has 4 nitrogen and oxygen atoms in total. The average Bonchev–Trinajstić information content (AvgIpc) is 2.87. The smallest absolute Gasteiger partial charge is 0.233 e. The molecule has 0 aliphatic heterocycles. The Labute approximate surface area is 114 Å². The molecule has 1 aromatic heterocycles. The van der Waals surface area contributed by atoms with Gasteiger partial charge in [-0.3, -0.25) is 0 Å². The first kappa shape index (κ1) is 13.7. The molecule has 0 spiro atoms. The predicted octanol–water partition coefficient (Wildman–Crippen LogP) is 3.03. The maximum Gasteiger partial charge on any atom is 0.233 e. The van der Waals surface area contributed by atoms with E-state index in [1.165, 1.54) is 11.1 Å². The minimum atomic E-state index is 0.156. The molecule has 0 aliphatic carbocycles. The third-order valence-corrected chi connectivity index (χ3v) is 3.24. The summed E-state index contributed by atoms with van der Waals surface area (Å²) in [5.41, 5.74) is 2.48. The number of nitrogens with one attached hydrogen (secondary N) is 1. The Kier molecular flexibility index (Phi) is 4.68. The first-order chi connectivity index (χ1) is 9.24. The van der Waals surface area contributed by atoms with Crippen molar-refractivity contribution in [1.82, 2.24) is 15.5 Å². The third kappa shape index (κ3) is 3.41. The lowest BCUT2D eigenvalue weighted by Gasteiger charge is -2.10. The summed E-state index contributed by atoms with van der Waals surface area (Å²) in [6.45, 7) is 7.18. The van der Waals surface area contributed by atoms with Gasteiger partial charge in [0.15, 0.2) is 0 Å². The molecule has 0 bridgehead atoms. The van der Waals surface area contributed by atoms with Crippen molar-refractivity contribution in [2.45, 2.75) is 39.7 Å². The number of hydrogen-bond donors (Lipinski definition) is 1. The van der Waals surface area contributed by atoms with Crippen LogP contribution >= 0.6 is 0 Å². The molecular weight excluding hydrogens is 238 g/mol. The molecule has 2 aromatic rings. The lowest BCUT2D eigenvalue weighted by Crippen LogP contribution is -2.20. The fraction of sp³-hybridized carbons (Fsp3) is 0.467. The quantitative estimate of drug-likeness (QED) is 0.866. The van der Waals surface area contributed by atoms with Crippen LogP contribution in [0.4, 0.5) is 0 Å². The topological polar surface area (TPSA) is 51.0 Å². The summed E-state index contributed by atoms with van der Waals surface area (Å²) in [5, 5.41) is 11.6. The minimum absolute atomic E-state index is 0.156. The zero-order valence-corrected chi connectivity index (χ0v) is 11.8. The Morgan fingerprint density at radius 3 is 2.68 bits per heavy atom. The summed E-state index contributed by atoms with van der Waals surface area (Å²) >= 11 is 0. The Bertz CT molecular complexity index is 522. The summed E-state index contributed by atoms with van der Waals surface area (Å²) in [5.74, 6) is 1.37. The highest BCUT2D eigenvalue weighted by Gasteiger charge is 2.16. The van der Waals surface area contributed by atoms with Crippen LogP contribution in [0.2, 0.25) is 0 Å². The van der Waals surface area contributed by atoms with E-state index in [1.54, 1.807) is 0 Å². The molecule has 0 saturated heterocycles. The standard InChI is InChI=1S/C15H21N3O/c1-4-13(16-5-2)15-18-17-14(19-15)10-12-9-7-6-8-11(12)3/h6-9,13,16H,4-5,10H2,1-3H3. The van der Waals surface area contributed by atoms with E-state index in [0.717, 1.165) is 13.0 Å². The largest absolute Gasteiger partial charge is 0.423 e. The molecular formula is C15H21N3O. The fourth-order valence-electron chi connectivity index (χ4n) is 2.10. The average molecular weight is 259 g/mol. The van der Waals surface area contributed by atoms with E-state index >= 15 is 0 Å². The Balaban J connectivity index is 2.11. The molecule has 1 atom stereocenters. The van der Waals surface area contributed by atoms with E-state index in [0.29, 0.717) is 18.2 Å². The van der Waals surface area contributed by atoms with Crippen molar-refractivity contribution in [3.8, 4) is 0 Å². The van der Waals surface area contributed by atoms with E-state index in [2.05, 4.69) is 48.4 Å². The summed E-state index contributed by atoms with van der Waals surface area (Å²) < 4.78 is 5.76. The van der Waals surface area contributed by atoms with Crippen molar-refractivity contribution in [3.05, 3.63) is 47.2 Å². The van der Waals surface area contributed by atoms with Crippen LogP contribution in [0.3, 0.4) is 0 Å². The van der Waals surface area contributed by atoms with E-state index < -0.39 is 0 Å². The van der Waals surface area contributed by atoms with Crippen molar-refractivity contribution in [1.29, 1.82) is 0 Å². The highest BCUT2D eigenvalue weighted by Crippen LogP contribution is 2.17. The Morgan fingerprint density at radius 1 is 1.21 bits per heavy atom. The van der Waals surface area contributed by atoms with Gasteiger partial charge in [0.05, 0.1) is 12.5 Å². The zero-order chi connectivity index (χ0) is 13.7. The van der Waals surface area contributed by atoms with Crippen LogP contribution < -0.4 is 5.32 Å². The monoisotopic (exact) mass is 259 g/mol. The van der Waals surface area contributed by atoms with E-state index in [9.17, 15) is 0 Å². The second-order valence-electron chi connectivity index (χ2n) is 4.66. The van der Waals surface area contributed by atoms with Gasteiger partial charge in [-0.2, -0.15) is 0 Å². The van der Waals surface area contributed by atoms with Gasteiger partial charge in [-0.15, -0.1) is 10.2 Å². The molecule has 1 heterocycles. The summed E-state index contributed by atoms with van der Waals surface area (Å²) in [6.07, 6.45) is 1.64. The van der Waals surface area contributed by atoms with Crippen LogP contribution in [-0.2, 0) is 6.42 Å². The minimum Gasteiger partial charge on any atom is -0.423 e. The lowest BCUT2D eigenvalue weighted by molar-refractivity contribution is 0.380. The van der Waals surface area contributed by atoms with Crippen LogP contribution in [0.25, 0.3) is 0 Å². The number of nitrogens with zero attached hydrogens (tertiary/aromatic N) is 2. The van der Waals surface area contributed by atoms with E-state index in [1.807, 2.05) is 12.1 Å².